The standard InChI is InChI=1S/C19H16N.C17H20N.Ir/c1-15(16-8-4-2-5-9-16)18-12-13-20-19(14-18)17-10-6-3-7-11-17;1-12(2)9-16-10-17(18-11-14(16)4)15-7-5-13(3)6-8-15;/h2-10,12-15H,1H3;5-7,10-12H,9H2,1-4H3;/q2*-1;/i15D;3D3,4D3,9D2;. The van der Waals surface area contributed by atoms with Crippen LogP contribution in [0.15, 0.2) is 103 Å². The van der Waals surface area contributed by atoms with Crippen LogP contribution in [0.25, 0.3) is 22.5 Å². The second-order valence-electron chi connectivity index (χ2n) is 9.10. The second-order valence-corrected chi connectivity index (χ2v) is 9.10. The molecule has 2 aromatic heterocycles. The molecule has 3 heteroatoms. The molecular weight excluding hydrogens is 653 g/mol. The van der Waals surface area contributed by atoms with E-state index in [1.807, 2.05) is 73.7 Å². The van der Waals surface area contributed by atoms with Crippen molar-refractivity contribution >= 4 is 0 Å². The fraction of sp³-hybridized carbons (Fsp3) is 0.222. The third kappa shape index (κ3) is 8.55. The number of aromatic nitrogens is 2. The zero-order valence-electron chi connectivity index (χ0n) is 31.1. The van der Waals surface area contributed by atoms with Crippen LogP contribution < -0.4 is 0 Å². The zero-order valence-corrected chi connectivity index (χ0v) is 24.5. The smallest absolute Gasteiger partial charge is 0.0399 e. The monoisotopic (exact) mass is 698 g/mol. The molecule has 0 saturated heterocycles. The summed E-state index contributed by atoms with van der Waals surface area (Å²) in [6, 6.07) is 33.3. The molecule has 5 rings (SSSR count). The Morgan fingerprint density at radius 2 is 1.59 bits per heavy atom. The molecule has 3 aromatic carbocycles. The fourth-order valence-corrected chi connectivity index (χ4v) is 3.84. The van der Waals surface area contributed by atoms with Crippen molar-refractivity contribution in [1.82, 2.24) is 9.97 Å². The van der Waals surface area contributed by atoms with Gasteiger partial charge in [-0.1, -0.05) is 75.7 Å². The molecule has 39 heavy (non-hydrogen) atoms. The first-order chi connectivity index (χ1) is 21.9. The Hall–Kier alpha value is -3.39. The van der Waals surface area contributed by atoms with E-state index in [0.717, 1.165) is 22.4 Å². The van der Waals surface area contributed by atoms with E-state index in [9.17, 15) is 0 Å². The summed E-state index contributed by atoms with van der Waals surface area (Å²) in [4.78, 5) is 8.54. The zero-order chi connectivity index (χ0) is 34.6. The van der Waals surface area contributed by atoms with Crippen LogP contribution in [0, 0.1) is 31.8 Å². The van der Waals surface area contributed by atoms with E-state index in [4.69, 9.17) is 12.3 Å². The Kier molecular flexibility index (Phi) is 7.39. The summed E-state index contributed by atoms with van der Waals surface area (Å²) in [5.74, 6) is -1.24. The predicted molar refractivity (Wildman–Crippen MR) is 159 cm³/mol. The van der Waals surface area contributed by atoms with Crippen molar-refractivity contribution in [3.8, 4) is 22.5 Å². The Labute approximate surface area is 260 Å². The minimum atomic E-state index is -2.49. The molecule has 0 fully saturated rings. The van der Waals surface area contributed by atoms with Crippen LogP contribution in [-0.4, -0.2) is 9.97 Å². The van der Waals surface area contributed by atoms with E-state index in [0.29, 0.717) is 11.3 Å². The van der Waals surface area contributed by atoms with Crippen LogP contribution in [0.2, 0.25) is 0 Å². The van der Waals surface area contributed by atoms with Gasteiger partial charge in [-0.3, -0.25) is 0 Å². The van der Waals surface area contributed by atoms with Crippen LogP contribution in [0.5, 0.6) is 0 Å². The SMILES string of the molecule is [2H]C(C)(c1ccccc1)c1ccnc(-c2[c-]cccc2)c1.[2H]C([2H])([2H])c1c[c-]c(-c2cc(C([2H])([2H])C(C)C)c(C([2H])([2H])[2H])cn2)cc1.[Ir]. The van der Waals surface area contributed by atoms with Crippen molar-refractivity contribution in [2.45, 2.75) is 46.7 Å². The largest absolute Gasteiger partial charge is 0.305 e. The van der Waals surface area contributed by atoms with E-state index >= 15 is 0 Å². The van der Waals surface area contributed by atoms with E-state index < -0.39 is 31.9 Å². The summed E-state index contributed by atoms with van der Waals surface area (Å²) in [5, 5.41) is 0. The predicted octanol–water partition coefficient (Wildman–Crippen LogP) is 9.06. The van der Waals surface area contributed by atoms with Gasteiger partial charge in [-0.2, -0.15) is 0 Å². The molecule has 5 aromatic rings. The average molecular weight is 698 g/mol. The van der Waals surface area contributed by atoms with Gasteiger partial charge in [0.15, 0.2) is 0 Å². The van der Waals surface area contributed by atoms with E-state index in [1.54, 1.807) is 20.0 Å². The van der Waals surface area contributed by atoms with Gasteiger partial charge in [-0.25, -0.2) is 0 Å². The van der Waals surface area contributed by atoms with Crippen LogP contribution >= 0.6 is 0 Å². The normalized spacial score (nSPS) is 16.5. The molecule has 1 unspecified atom stereocenters. The maximum absolute atomic E-state index is 8.73. The van der Waals surface area contributed by atoms with Crippen LogP contribution in [0.1, 0.15) is 66.8 Å². The Bertz CT molecular complexity index is 1770. The molecular formula is C36H36IrN2-2. The molecule has 2 heterocycles. The molecule has 0 aliphatic carbocycles. The minimum absolute atomic E-state index is 0. The van der Waals surface area contributed by atoms with E-state index in [-0.39, 0.29) is 36.8 Å². The quantitative estimate of drug-likeness (QED) is 0.166. The van der Waals surface area contributed by atoms with E-state index in [2.05, 4.69) is 22.1 Å². The number of rotatable bonds is 6. The Balaban J connectivity index is 0.000000260. The Morgan fingerprint density at radius 3 is 2.26 bits per heavy atom. The average Bonchev–Trinajstić information content (AvgIpc) is 3.05. The summed E-state index contributed by atoms with van der Waals surface area (Å²) >= 11 is 0. The van der Waals surface area contributed by atoms with Crippen molar-refractivity contribution in [1.29, 1.82) is 0 Å². The number of nitrogens with zero attached hydrogens (tertiary/aromatic N) is 2. The third-order valence-corrected chi connectivity index (χ3v) is 5.82. The van der Waals surface area contributed by atoms with Gasteiger partial charge in [0.05, 0.1) is 0 Å². The summed E-state index contributed by atoms with van der Waals surface area (Å²) < 4.78 is 70.5. The molecule has 0 aliphatic rings. The molecule has 0 bridgehead atoms. The Morgan fingerprint density at radius 1 is 0.821 bits per heavy atom. The van der Waals surface area contributed by atoms with Gasteiger partial charge >= 0.3 is 0 Å². The van der Waals surface area contributed by atoms with Crippen LogP contribution in [-0.2, 0) is 26.5 Å². The molecule has 0 spiro atoms. The fourth-order valence-electron chi connectivity index (χ4n) is 3.84. The van der Waals surface area contributed by atoms with E-state index in [1.165, 1.54) is 30.5 Å². The summed E-state index contributed by atoms with van der Waals surface area (Å²) in [5.41, 5.74) is 4.58. The molecule has 201 valence electrons. The molecule has 1 radical (unpaired) electrons. The second kappa shape index (κ2) is 14.7. The summed E-state index contributed by atoms with van der Waals surface area (Å²) in [6.07, 6.45) is 1.07. The van der Waals surface area contributed by atoms with Crippen molar-refractivity contribution in [3.63, 3.8) is 0 Å². The number of benzene rings is 3. The van der Waals surface area contributed by atoms with Gasteiger partial charge in [0, 0.05) is 50.7 Å². The molecule has 1 atom stereocenters. The third-order valence-electron chi connectivity index (χ3n) is 5.82. The van der Waals surface area contributed by atoms with Crippen molar-refractivity contribution in [3.05, 3.63) is 143 Å². The minimum Gasteiger partial charge on any atom is -0.305 e. The molecule has 0 amide bonds. The number of aryl methyl sites for hydroxylation is 2. The maximum Gasteiger partial charge on any atom is 0.0399 e. The van der Waals surface area contributed by atoms with Crippen LogP contribution in [0.4, 0.5) is 0 Å². The molecule has 2 nitrogen and oxygen atoms in total. The molecule has 0 saturated carbocycles. The first kappa shape index (κ1) is 19.6. The maximum atomic E-state index is 8.73. The van der Waals surface area contributed by atoms with Crippen LogP contribution in [0.3, 0.4) is 0 Å². The number of hydrogen-bond acceptors (Lipinski definition) is 2. The van der Waals surface area contributed by atoms with Crippen molar-refractivity contribution < 1.29 is 32.4 Å². The van der Waals surface area contributed by atoms with Crippen molar-refractivity contribution in [2.24, 2.45) is 5.92 Å². The van der Waals surface area contributed by atoms with Gasteiger partial charge in [0.1, 0.15) is 0 Å². The molecule has 0 N–H and O–H groups in total. The summed E-state index contributed by atoms with van der Waals surface area (Å²) in [7, 11) is 0. The van der Waals surface area contributed by atoms with Gasteiger partial charge in [0.2, 0.25) is 0 Å². The van der Waals surface area contributed by atoms with Crippen molar-refractivity contribution in [2.75, 3.05) is 0 Å². The van der Waals surface area contributed by atoms with Gasteiger partial charge in [-0.15, -0.1) is 71.3 Å². The number of pyridine rings is 2. The van der Waals surface area contributed by atoms with Gasteiger partial charge < -0.3 is 9.97 Å². The first-order valence-electron chi connectivity index (χ1n) is 16.9. The number of hydrogen-bond donors (Lipinski definition) is 0. The molecule has 0 aliphatic heterocycles. The topological polar surface area (TPSA) is 25.8 Å². The first-order valence-corrected chi connectivity index (χ1v) is 12.4. The van der Waals surface area contributed by atoms with Gasteiger partial charge in [-0.05, 0) is 53.3 Å². The van der Waals surface area contributed by atoms with Gasteiger partial charge in [0.25, 0.3) is 0 Å². The summed E-state index contributed by atoms with van der Waals surface area (Å²) in [6.45, 7) is 0.545.